The van der Waals surface area contributed by atoms with Gasteiger partial charge in [-0.1, -0.05) is 11.6 Å². The van der Waals surface area contributed by atoms with Crippen LogP contribution in [0.3, 0.4) is 0 Å². The van der Waals surface area contributed by atoms with E-state index < -0.39 is 0 Å². The van der Waals surface area contributed by atoms with Crippen molar-refractivity contribution in [3.8, 4) is 11.5 Å². The molecule has 18 heavy (non-hydrogen) atoms. The van der Waals surface area contributed by atoms with Gasteiger partial charge in [-0.2, -0.15) is 0 Å². The summed E-state index contributed by atoms with van der Waals surface area (Å²) in [4.78, 5) is 24.0. The lowest BCUT2D eigenvalue weighted by atomic mass is 10.2. The lowest BCUT2D eigenvalue weighted by Gasteiger charge is -2.00. The Kier molecular flexibility index (Phi) is 2.65. The van der Waals surface area contributed by atoms with Crippen LogP contribution in [0, 0.1) is 6.92 Å². The van der Waals surface area contributed by atoms with E-state index in [1.165, 1.54) is 17.5 Å². The molecular formula is C12H8ClN3OS. The fourth-order valence-corrected chi connectivity index (χ4v) is 2.76. The van der Waals surface area contributed by atoms with E-state index in [0.717, 1.165) is 10.4 Å². The Morgan fingerprint density at radius 3 is 2.94 bits per heavy atom. The van der Waals surface area contributed by atoms with E-state index in [2.05, 4.69) is 15.0 Å². The third-order valence-electron chi connectivity index (χ3n) is 2.60. The molecule has 90 valence electrons. The number of aryl methyl sites for hydroxylation is 1. The predicted molar refractivity (Wildman–Crippen MR) is 73.2 cm³/mol. The molecular weight excluding hydrogens is 270 g/mol. The van der Waals surface area contributed by atoms with E-state index in [-0.39, 0.29) is 5.56 Å². The summed E-state index contributed by atoms with van der Waals surface area (Å²) in [7, 11) is 0. The zero-order valence-corrected chi connectivity index (χ0v) is 11.0. The lowest BCUT2D eigenvalue weighted by molar-refractivity contribution is 1.15. The molecule has 0 unspecified atom stereocenters. The maximum atomic E-state index is 12.0. The van der Waals surface area contributed by atoms with Gasteiger partial charge in [-0.3, -0.25) is 9.78 Å². The summed E-state index contributed by atoms with van der Waals surface area (Å²) in [6, 6.07) is 3.45. The first-order chi connectivity index (χ1) is 8.65. The second-order valence-electron chi connectivity index (χ2n) is 3.88. The van der Waals surface area contributed by atoms with Crippen molar-refractivity contribution in [1.29, 1.82) is 0 Å². The van der Waals surface area contributed by atoms with E-state index in [9.17, 15) is 4.79 Å². The molecule has 0 atom stereocenters. The van der Waals surface area contributed by atoms with E-state index in [1.807, 2.05) is 12.3 Å². The highest BCUT2D eigenvalue weighted by molar-refractivity contribution is 7.16. The molecule has 0 aliphatic carbocycles. The molecule has 0 radical (unpaired) electrons. The summed E-state index contributed by atoms with van der Waals surface area (Å²) < 4.78 is 0. The third-order valence-corrected chi connectivity index (χ3v) is 3.81. The number of aromatic amines is 1. The molecule has 0 aromatic carbocycles. The Morgan fingerprint density at radius 1 is 1.39 bits per heavy atom. The minimum Gasteiger partial charge on any atom is -0.305 e. The summed E-state index contributed by atoms with van der Waals surface area (Å²) in [6.07, 6.45) is 1.53. The van der Waals surface area contributed by atoms with Gasteiger partial charge < -0.3 is 4.98 Å². The standard InChI is InChI=1S/C12H8ClN3OS/c1-6-5-18-12-9(6)11(17)15-10(16-12)8-3-2-7(13)4-14-8/h2-5H,1H3,(H,15,16,17). The van der Waals surface area contributed by atoms with Crippen molar-refractivity contribution < 1.29 is 0 Å². The zero-order chi connectivity index (χ0) is 12.7. The fraction of sp³-hybridized carbons (Fsp3) is 0.0833. The molecule has 3 aromatic rings. The van der Waals surface area contributed by atoms with Crippen molar-refractivity contribution in [2.24, 2.45) is 0 Å². The largest absolute Gasteiger partial charge is 0.305 e. The van der Waals surface area contributed by atoms with Crippen molar-refractivity contribution in [3.63, 3.8) is 0 Å². The van der Waals surface area contributed by atoms with Gasteiger partial charge in [0, 0.05) is 6.20 Å². The van der Waals surface area contributed by atoms with Gasteiger partial charge in [-0.05, 0) is 30.0 Å². The number of H-pyrrole nitrogens is 1. The van der Waals surface area contributed by atoms with Crippen LogP contribution in [0.4, 0.5) is 0 Å². The van der Waals surface area contributed by atoms with Crippen LogP contribution in [0.5, 0.6) is 0 Å². The van der Waals surface area contributed by atoms with Crippen molar-refractivity contribution in [2.45, 2.75) is 6.92 Å². The van der Waals surface area contributed by atoms with Crippen LogP contribution >= 0.6 is 22.9 Å². The lowest BCUT2D eigenvalue weighted by Crippen LogP contribution is -2.09. The summed E-state index contributed by atoms with van der Waals surface area (Å²) >= 11 is 7.23. The van der Waals surface area contributed by atoms with Crippen LogP contribution in [0.1, 0.15) is 5.56 Å². The van der Waals surface area contributed by atoms with Gasteiger partial charge in [0.1, 0.15) is 10.5 Å². The zero-order valence-electron chi connectivity index (χ0n) is 9.40. The number of aromatic nitrogens is 3. The molecule has 0 saturated heterocycles. The van der Waals surface area contributed by atoms with Gasteiger partial charge in [0.25, 0.3) is 5.56 Å². The molecule has 3 aromatic heterocycles. The Morgan fingerprint density at radius 2 is 2.22 bits per heavy atom. The number of nitrogens with zero attached hydrogens (tertiary/aromatic N) is 2. The first-order valence-electron chi connectivity index (χ1n) is 5.25. The summed E-state index contributed by atoms with van der Waals surface area (Å²) in [5.41, 5.74) is 1.41. The first-order valence-corrected chi connectivity index (χ1v) is 6.51. The van der Waals surface area contributed by atoms with Crippen LogP contribution in [0.15, 0.2) is 28.5 Å². The Bertz CT molecular complexity index is 776. The van der Waals surface area contributed by atoms with Crippen molar-refractivity contribution in [2.75, 3.05) is 0 Å². The average Bonchev–Trinajstić information content (AvgIpc) is 2.72. The summed E-state index contributed by atoms with van der Waals surface area (Å²) in [5, 5.41) is 3.12. The Balaban J connectivity index is 2.25. The van der Waals surface area contributed by atoms with E-state index in [4.69, 9.17) is 11.6 Å². The average molecular weight is 278 g/mol. The molecule has 0 spiro atoms. The highest BCUT2D eigenvalue weighted by atomic mass is 35.5. The fourth-order valence-electron chi connectivity index (χ4n) is 1.73. The van der Waals surface area contributed by atoms with Crippen molar-refractivity contribution in [1.82, 2.24) is 15.0 Å². The second-order valence-corrected chi connectivity index (χ2v) is 5.17. The van der Waals surface area contributed by atoms with Crippen LogP contribution < -0.4 is 5.56 Å². The van der Waals surface area contributed by atoms with Crippen LogP contribution in [-0.4, -0.2) is 15.0 Å². The smallest absolute Gasteiger partial charge is 0.260 e. The van der Waals surface area contributed by atoms with Crippen LogP contribution in [0.2, 0.25) is 5.02 Å². The molecule has 0 aliphatic heterocycles. The number of fused-ring (bicyclic) bond motifs is 1. The highest BCUT2D eigenvalue weighted by Crippen LogP contribution is 2.22. The predicted octanol–water partition coefficient (Wildman–Crippen LogP) is 3.01. The quantitative estimate of drug-likeness (QED) is 0.744. The number of hydrogen-bond donors (Lipinski definition) is 1. The molecule has 3 rings (SSSR count). The van der Waals surface area contributed by atoms with Gasteiger partial charge in [-0.25, -0.2) is 4.98 Å². The van der Waals surface area contributed by atoms with Gasteiger partial charge in [0.2, 0.25) is 0 Å². The molecule has 0 bridgehead atoms. The van der Waals surface area contributed by atoms with Gasteiger partial charge in [0.05, 0.1) is 10.4 Å². The number of rotatable bonds is 1. The highest BCUT2D eigenvalue weighted by Gasteiger charge is 2.10. The van der Waals surface area contributed by atoms with Crippen LogP contribution in [-0.2, 0) is 0 Å². The molecule has 4 nitrogen and oxygen atoms in total. The number of halogens is 1. The minimum absolute atomic E-state index is 0.134. The molecule has 1 N–H and O–H groups in total. The SMILES string of the molecule is Cc1csc2nc(-c3ccc(Cl)cn3)[nH]c(=O)c12. The number of hydrogen-bond acceptors (Lipinski definition) is 4. The van der Waals surface area contributed by atoms with Gasteiger partial charge in [0.15, 0.2) is 5.82 Å². The Labute approximate surface area is 111 Å². The third kappa shape index (κ3) is 1.81. The summed E-state index contributed by atoms with van der Waals surface area (Å²) in [6.45, 7) is 1.90. The topological polar surface area (TPSA) is 58.6 Å². The minimum atomic E-state index is -0.134. The number of pyridine rings is 1. The molecule has 0 fully saturated rings. The van der Waals surface area contributed by atoms with E-state index in [1.54, 1.807) is 12.1 Å². The van der Waals surface area contributed by atoms with Crippen molar-refractivity contribution in [3.05, 3.63) is 44.6 Å². The van der Waals surface area contributed by atoms with E-state index >= 15 is 0 Å². The van der Waals surface area contributed by atoms with Crippen LogP contribution in [0.25, 0.3) is 21.7 Å². The number of thiophene rings is 1. The monoisotopic (exact) mass is 277 g/mol. The first kappa shape index (κ1) is 11.4. The molecule has 6 heteroatoms. The molecule has 3 heterocycles. The van der Waals surface area contributed by atoms with Gasteiger partial charge in [-0.15, -0.1) is 11.3 Å². The molecule has 0 aliphatic rings. The van der Waals surface area contributed by atoms with E-state index in [0.29, 0.717) is 21.9 Å². The summed E-state index contributed by atoms with van der Waals surface area (Å²) in [5.74, 6) is 0.464. The van der Waals surface area contributed by atoms with Gasteiger partial charge >= 0.3 is 0 Å². The maximum Gasteiger partial charge on any atom is 0.260 e. The second kappa shape index (κ2) is 4.19. The molecule has 0 amide bonds. The molecule has 0 saturated carbocycles. The normalized spacial score (nSPS) is 11.0. The maximum absolute atomic E-state index is 12.0. The number of nitrogens with one attached hydrogen (secondary N) is 1. The van der Waals surface area contributed by atoms with Crippen molar-refractivity contribution >= 4 is 33.2 Å². The Hall–Kier alpha value is -1.72.